The quantitative estimate of drug-likeness (QED) is 0.660. The molecule has 0 bridgehead atoms. The minimum atomic E-state index is -1.20. The van der Waals surface area contributed by atoms with Gasteiger partial charge < -0.3 is 9.84 Å². The molecule has 0 heterocycles. The van der Waals surface area contributed by atoms with Crippen LogP contribution in [0.2, 0.25) is 0 Å². The number of aromatic carboxylic acids is 1. The van der Waals surface area contributed by atoms with Crippen molar-refractivity contribution < 1.29 is 19.6 Å². The predicted octanol–water partition coefficient (Wildman–Crippen LogP) is 3.17. The van der Waals surface area contributed by atoms with Crippen LogP contribution in [-0.4, -0.2) is 22.6 Å². The third-order valence-electron chi connectivity index (χ3n) is 3.73. The molecule has 0 radical (unpaired) electrons. The summed E-state index contributed by atoms with van der Waals surface area (Å²) >= 11 is 0. The van der Waals surface area contributed by atoms with E-state index in [2.05, 4.69) is 0 Å². The highest BCUT2D eigenvalue weighted by atomic mass is 16.6. The molecule has 0 atom stereocenters. The van der Waals surface area contributed by atoms with Crippen molar-refractivity contribution in [1.82, 2.24) is 0 Å². The molecule has 0 spiro atoms. The Bertz CT molecular complexity index is 535. The number of carboxylic acids is 1. The van der Waals surface area contributed by atoms with Crippen molar-refractivity contribution in [3.05, 3.63) is 33.4 Å². The van der Waals surface area contributed by atoms with E-state index in [0.717, 1.165) is 18.9 Å². The molecule has 1 aliphatic carbocycles. The molecule has 1 fully saturated rings. The molecule has 6 nitrogen and oxygen atoms in total. The fourth-order valence-electron chi connectivity index (χ4n) is 2.52. The fraction of sp³-hybridized carbons (Fsp3) is 0.500. The monoisotopic (exact) mass is 279 g/mol. The molecule has 20 heavy (non-hydrogen) atoms. The Hall–Kier alpha value is -2.11. The van der Waals surface area contributed by atoms with Crippen molar-refractivity contribution in [2.45, 2.75) is 32.6 Å². The van der Waals surface area contributed by atoms with Crippen molar-refractivity contribution in [2.75, 3.05) is 6.61 Å². The summed E-state index contributed by atoms with van der Waals surface area (Å²) in [5.41, 5.74) is 0.0352. The molecule has 1 saturated carbocycles. The van der Waals surface area contributed by atoms with Gasteiger partial charge in [0, 0.05) is 6.07 Å². The van der Waals surface area contributed by atoms with Crippen molar-refractivity contribution in [3.8, 4) is 5.75 Å². The Balaban J connectivity index is 2.25. The molecule has 1 aliphatic rings. The van der Waals surface area contributed by atoms with Crippen LogP contribution in [0.15, 0.2) is 12.1 Å². The smallest absolute Gasteiger partial charge is 0.336 e. The first-order valence-corrected chi connectivity index (χ1v) is 6.64. The van der Waals surface area contributed by atoms with E-state index in [4.69, 9.17) is 9.84 Å². The number of carbonyl (C=O) groups is 1. The fourth-order valence-corrected chi connectivity index (χ4v) is 2.52. The number of rotatable bonds is 5. The second kappa shape index (κ2) is 5.90. The molecular formula is C14H17NO5. The molecule has 2 rings (SSSR count). The van der Waals surface area contributed by atoms with Gasteiger partial charge in [-0.2, -0.15) is 0 Å². The standard InChI is InChI=1S/C14H17NO5/c1-9-12(15(18)19)6-11(14(16)17)7-13(9)20-8-10-4-2-3-5-10/h6-7,10H,2-5,8H2,1H3,(H,16,17). The number of ether oxygens (including phenoxy) is 1. The van der Waals surface area contributed by atoms with Crippen LogP contribution in [0.5, 0.6) is 5.75 Å². The normalized spacial score (nSPS) is 15.2. The predicted molar refractivity (Wildman–Crippen MR) is 72.2 cm³/mol. The molecule has 6 heteroatoms. The van der Waals surface area contributed by atoms with Crippen LogP contribution in [0.1, 0.15) is 41.6 Å². The van der Waals surface area contributed by atoms with Gasteiger partial charge in [-0.15, -0.1) is 0 Å². The maximum Gasteiger partial charge on any atom is 0.336 e. The van der Waals surface area contributed by atoms with Crippen LogP contribution in [0.3, 0.4) is 0 Å². The van der Waals surface area contributed by atoms with E-state index in [9.17, 15) is 14.9 Å². The van der Waals surface area contributed by atoms with Crippen LogP contribution in [0.25, 0.3) is 0 Å². The van der Waals surface area contributed by atoms with E-state index in [1.807, 2.05) is 0 Å². The minimum Gasteiger partial charge on any atom is -0.493 e. The zero-order valence-corrected chi connectivity index (χ0v) is 11.3. The van der Waals surface area contributed by atoms with E-state index in [1.165, 1.54) is 18.9 Å². The van der Waals surface area contributed by atoms with Gasteiger partial charge in [0.15, 0.2) is 0 Å². The number of nitrogens with zero attached hydrogens (tertiary/aromatic N) is 1. The lowest BCUT2D eigenvalue weighted by molar-refractivity contribution is -0.385. The molecule has 1 aromatic carbocycles. The third kappa shape index (κ3) is 3.07. The number of carboxylic acid groups (broad SMARTS) is 1. The second-order valence-corrected chi connectivity index (χ2v) is 5.14. The van der Waals surface area contributed by atoms with E-state index in [0.29, 0.717) is 23.8 Å². The number of nitro groups is 1. The van der Waals surface area contributed by atoms with E-state index in [-0.39, 0.29) is 11.3 Å². The highest BCUT2D eigenvalue weighted by molar-refractivity contribution is 5.89. The van der Waals surface area contributed by atoms with Crippen molar-refractivity contribution in [3.63, 3.8) is 0 Å². The average Bonchev–Trinajstić information content (AvgIpc) is 2.90. The Morgan fingerprint density at radius 1 is 1.45 bits per heavy atom. The third-order valence-corrected chi connectivity index (χ3v) is 3.73. The van der Waals surface area contributed by atoms with Crippen molar-refractivity contribution in [1.29, 1.82) is 0 Å². The van der Waals surface area contributed by atoms with Crippen LogP contribution >= 0.6 is 0 Å². The van der Waals surface area contributed by atoms with E-state index in [1.54, 1.807) is 6.92 Å². The molecule has 0 saturated heterocycles. The lowest BCUT2D eigenvalue weighted by Gasteiger charge is -2.14. The van der Waals surface area contributed by atoms with Gasteiger partial charge in [-0.05, 0) is 31.7 Å². The highest BCUT2D eigenvalue weighted by Crippen LogP contribution is 2.31. The van der Waals surface area contributed by atoms with Gasteiger partial charge in [0.25, 0.3) is 5.69 Å². The lowest BCUT2D eigenvalue weighted by Crippen LogP contribution is -2.10. The largest absolute Gasteiger partial charge is 0.493 e. The minimum absolute atomic E-state index is 0.122. The van der Waals surface area contributed by atoms with Gasteiger partial charge in [0.2, 0.25) is 0 Å². The summed E-state index contributed by atoms with van der Waals surface area (Å²) in [7, 11) is 0. The summed E-state index contributed by atoms with van der Waals surface area (Å²) in [6.45, 7) is 2.06. The Morgan fingerprint density at radius 3 is 2.65 bits per heavy atom. The maximum atomic E-state index is 11.0. The summed E-state index contributed by atoms with van der Waals surface area (Å²) in [5.74, 6) is -0.441. The Morgan fingerprint density at radius 2 is 2.10 bits per heavy atom. The van der Waals surface area contributed by atoms with Crippen LogP contribution in [0.4, 0.5) is 5.69 Å². The van der Waals surface area contributed by atoms with Gasteiger partial charge in [0.05, 0.1) is 22.7 Å². The number of hydrogen-bond donors (Lipinski definition) is 1. The number of nitro benzene ring substituents is 1. The van der Waals surface area contributed by atoms with Gasteiger partial charge in [-0.3, -0.25) is 10.1 Å². The summed E-state index contributed by atoms with van der Waals surface area (Å²) in [6.07, 6.45) is 4.56. The molecule has 0 unspecified atom stereocenters. The van der Waals surface area contributed by atoms with Crippen LogP contribution in [-0.2, 0) is 0 Å². The number of benzene rings is 1. The zero-order valence-electron chi connectivity index (χ0n) is 11.3. The van der Waals surface area contributed by atoms with Gasteiger partial charge in [-0.1, -0.05) is 12.8 Å². The van der Waals surface area contributed by atoms with Crippen LogP contribution in [0, 0.1) is 23.0 Å². The molecule has 0 aromatic heterocycles. The average molecular weight is 279 g/mol. The Kier molecular flexibility index (Phi) is 4.22. The van der Waals surface area contributed by atoms with E-state index < -0.39 is 10.9 Å². The molecule has 1 aromatic rings. The van der Waals surface area contributed by atoms with Gasteiger partial charge in [-0.25, -0.2) is 4.79 Å². The molecule has 0 amide bonds. The topological polar surface area (TPSA) is 89.7 Å². The molecule has 0 aliphatic heterocycles. The van der Waals surface area contributed by atoms with Crippen LogP contribution < -0.4 is 4.74 Å². The first-order valence-electron chi connectivity index (χ1n) is 6.64. The van der Waals surface area contributed by atoms with E-state index >= 15 is 0 Å². The maximum absolute atomic E-state index is 11.0. The highest BCUT2D eigenvalue weighted by Gasteiger charge is 2.21. The lowest BCUT2D eigenvalue weighted by atomic mass is 10.1. The first-order chi connectivity index (χ1) is 9.49. The molecule has 1 N–H and O–H groups in total. The summed E-state index contributed by atoms with van der Waals surface area (Å²) < 4.78 is 5.63. The first kappa shape index (κ1) is 14.3. The SMILES string of the molecule is Cc1c(OCC2CCCC2)cc(C(=O)O)cc1[N+](=O)[O-]. The summed E-state index contributed by atoms with van der Waals surface area (Å²) in [5, 5.41) is 20.0. The Labute approximate surface area is 116 Å². The molecule has 108 valence electrons. The van der Waals surface area contributed by atoms with Crippen molar-refractivity contribution in [2.24, 2.45) is 5.92 Å². The number of hydrogen-bond acceptors (Lipinski definition) is 4. The molecular weight excluding hydrogens is 262 g/mol. The summed E-state index contributed by atoms with van der Waals surface area (Å²) in [6, 6.07) is 2.43. The summed E-state index contributed by atoms with van der Waals surface area (Å²) in [4.78, 5) is 21.4. The zero-order chi connectivity index (χ0) is 14.7. The second-order valence-electron chi connectivity index (χ2n) is 5.14. The van der Waals surface area contributed by atoms with Gasteiger partial charge in [0.1, 0.15) is 5.75 Å². The van der Waals surface area contributed by atoms with Crippen molar-refractivity contribution >= 4 is 11.7 Å². The van der Waals surface area contributed by atoms with Gasteiger partial charge >= 0.3 is 5.97 Å².